The van der Waals surface area contributed by atoms with Crippen molar-refractivity contribution in [2.75, 3.05) is 14.1 Å². The van der Waals surface area contributed by atoms with Crippen LogP contribution in [-0.2, 0) is 6.54 Å². The zero-order valence-electron chi connectivity index (χ0n) is 5.66. The molecule has 3 nitrogen and oxygen atoms in total. The minimum absolute atomic E-state index is 0.892. The van der Waals surface area contributed by atoms with Gasteiger partial charge in [0.2, 0.25) is 0 Å². The Labute approximate surface area is 54.3 Å². The Bertz CT molecular complexity index is 158. The summed E-state index contributed by atoms with van der Waals surface area (Å²) in [7, 11) is 4.01. The highest BCUT2D eigenvalue weighted by atomic mass is 16.5. The molecule has 1 aromatic rings. The predicted molar refractivity (Wildman–Crippen MR) is 33.9 cm³/mol. The third kappa shape index (κ3) is 1.85. The molecular formula is C6H10N2O. The van der Waals surface area contributed by atoms with Gasteiger partial charge in [-0.2, -0.15) is 0 Å². The summed E-state index contributed by atoms with van der Waals surface area (Å²) in [6.07, 6.45) is 3.38. The van der Waals surface area contributed by atoms with Crippen molar-refractivity contribution in [1.29, 1.82) is 0 Å². The summed E-state index contributed by atoms with van der Waals surface area (Å²) < 4.78 is 4.64. The Morgan fingerprint density at radius 3 is 2.89 bits per heavy atom. The molecule has 3 heteroatoms. The van der Waals surface area contributed by atoms with E-state index in [9.17, 15) is 0 Å². The Morgan fingerprint density at radius 1 is 1.67 bits per heavy atom. The number of rotatable bonds is 2. The lowest BCUT2D eigenvalue weighted by molar-refractivity contribution is 0.393. The maximum atomic E-state index is 4.64. The molecule has 0 bridgehead atoms. The second kappa shape index (κ2) is 2.64. The third-order valence-electron chi connectivity index (χ3n) is 0.982. The van der Waals surface area contributed by atoms with Crippen LogP contribution in [0.25, 0.3) is 0 Å². The van der Waals surface area contributed by atoms with E-state index in [-0.39, 0.29) is 0 Å². The first kappa shape index (κ1) is 6.29. The van der Waals surface area contributed by atoms with Gasteiger partial charge >= 0.3 is 0 Å². The molecule has 0 aliphatic rings. The smallest absolute Gasteiger partial charge is 0.128 e. The van der Waals surface area contributed by atoms with Crippen LogP contribution in [0.5, 0.6) is 0 Å². The maximum absolute atomic E-state index is 4.64. The van der Waals surface area contributed by atoms with Crippen LogP contribution in [0, 0.1) is 0 Å². The minimum atomic E-state index is 0.892. The van der Waals surface area contributed by atoms with Gasteiger partial charge < -0.3 is 9.42 Å². The molecule has 0 aromatic carbocycles. The van der Waals surface area contributed by atoms with Gasteiger partial charge in [-0.1, -0.05) is 5.16 Å². The van der Waals surface area contributed by atoms with Crippen molar-refractivity contribution in [3.8, 4) is 0 Å². The zero-order chi connectivity index (χ0) is 6.69. The lowest BCUT2D eigenvalue weighted by Gasteiger charge is -2.04. The molecule has 0 aliphatic carbocycles. The number of hydrogen-bond acceptors (Lipinski definition) is 3. The molecule has 0 saturated heterocycles. The minimum Gasteiger partial charge on any atom is -0.364 e. The van der Waals surface area contributed by atoms with Crippen molar-refractivity contribution in [3.05, 3.63) is 18.0 Å². The molecule has 0 aliphatic heterocycles. The van der Waals surface area contributed by atoms with Crippen LogP contribution >= 0.6 is 0 Å². The fourth-order valence-electron chi connectivity index (χ4n) is 0.670. The van der Waals surface area contributed by atoms with Gasteiger partial charge in [0.05, 0.1) is 6.20 Å². The number of nitrogens with zero attached hydrogens (tertiary/aromatic N) is 2. The van der Waals surface area contributed by atoms with Crippen molar-refractivity contribution in [2.45, 2.75) is 6.54 Å². The van der Waals surface area contributed by atoms with Gasteiger partial charge in [0.1, 0.15) is 6.26 Å². The average molecular weight is 126 g/mol. The van der Waals surface area contributed by atoms with E-state index in [0.29, 0.717) is 0 Å². The molecular weight excluding hydrogens is 116 g/mol. The van der Waals surface area contributed by atoms with Crippen LogP contribution in [0.3, 0.4) is 0 Å². The summed E-state index contributed by atoms with van der Waals surface area (Å²) in [6.45, 7) is 0.892. The Morgan fingerprint density at radius 2 is 2.44 bits per heavy atom. The topological polar surface area (TPSA) is 29.3 Å². The Hall–Kier alpha value is -0.830. The van der Waals surface area contributed by atoms with Crippen LogP contribution in [-0.4, -0.2) is 24.2 Å². The predicted octanol–water partition coefficient (Wildman–Crippen LogP) is 0.736. The summed E-state index contributed by atoms with van der Waals surface area (Å²) in [5.74, 6) is 0. The molecule has 0 radical (unpaired) electrons. The molecule has 1 heterocycles. The van der Waals surface area contributed by atoms with Crippen molar-refractivity contribution in [3.63, 3.8) is 0 Å². The highest BCUT2D eigenvalue weighted by Crippen LogP contribution is 1.97. The van der Waals surface area contributed by atoms with Crippen LogP contribution in [0.15, 0.2) is 17.0 Å². The van der Waals surface area contributed by atoms with Gasteiger partial charge in [-0.3, -0.25) is 0 Å². The Kier molecular flexibility index (Phi) is 1.85. The standard InChI is InChI=1S/C6H10N2O/c1-8(2)4-6-3-7-9-5-6/h3,5H,4H2,1-2H3. The largest absolute Gasteiger partial charge is 0.364 e. The van der Waals surface area contributed by atoms with Crippen molar-refractivity contribution in [2.24, 2.45) is 0 Å². The lowest BCUT2D eigenvalue weighted by Crippen LogP contribution is -2.09. The van der Waals surface area contributed by atoms with Crippen LogP contribution in [0.1, 0.15) is 5.56 Å². The molecule has 9 heavy (non-hydrogen) atoms. The Balaban J connectivity index is 2.48. The number of aromatic nitrogens is 1. The van der Waals surface area contributed by atoms with Crippen LogP contribution in [0.2, 0.25) is 0 Å². The average Bonchev–Trinajstić information content (AvgIpc) is 2.15. The first-order valence-corrected chi connectivity index (χ1v) is 2.82. The van der Waals surface area contributed by atoms with E-state index < -0.39 is 0 Å². The molecule has 1 rings (SSSR count). The highest BCUT2D eigenvalue weighted by Gasteiger charge is 1.94. The fourth-order valence-corrected chi connectivity index (χ4v) is 0.670. The third-order valence-corrected chi connectivity index (χ3v) is 0.982. The van der Waals surface area contributed by atoms with E-state index in [2.05, 4.69) is 14.6 Å². The molecule has 0 fully saturated rings. The summed E-state index contributed by atoms with van der Waals surface area (Å²) in [6, 6.07) is 0. The maximum Gasteiger partial charge on any atom is 0.128 e. The SMILES string of the molecule is CN(C)Cc1cnoc1. The molecule has 1 aromatic heterocycles. The van der Waals surface area contributed by atoms with E-state index in [0.717, 1.165) is 12.1 Å². The lowest BCUT2D eigenvalue weighted by atomic mass is 10.3. The molecule has 0 spiro atoms. The summed E-state index contributed by atoms with van der Waals surface area (Å²) in [5.41, 5.74) is 1.11. The van der Waals surface area contributed by atoms with Gasteiger partial charge in [-0.15, -0.1) is 0 Å². The van der Waals surface area contributed by atoms with Gasteiger partial charge in [-0.25, -0.2) is 0 Å². The van der Waals surface area contributed by atoms with Crippen molar-refractivity contribution >= 4 is 0 Å². The molecule has 0 amide bonds. The van der Waals surface area contributed by atoms with E-state index in [1.807, 2.05) is 14.1 Å². The second-order valence-corrected chi connectivity index (χ2v) is 2.27. The van der Waals surface area contributed by atoms with Crippen molar-refractivity contribution < 1.29 is 4.52 Å². The molecule has 0 atom stereocenters. The van der Waals surface area contributed by atoms with E-state index in [1.165, 1.54) is 0 Å². The summed E-state index contributed by atoms with van der Waals surface area (Å²) in [4.78, 5) is 2.06. The van der Waals surface area contributed by atoms with Crippen LogP contribution in [0.4, 0.5) is 0 Å². The van der Waals surface area contributed by atoms with Gasteiger partial charge in [0.15, 0.2) is 0 Å². The number of hydrogen-bond donors (Lipinski definition) is 0. The first-order valence-electron chi connectivity index (χ1n) is 2.82. The second-order valence-electron chi connectivity index (χ2n) is 2.27. The normalized spacial score (nSPS) is 10.6. The molecule has 0 N–H and O–H groups in total. The first-order chi connectivity index (χ1) is 4.29. The van der Waals surface area contributed by atoms with E-state index in [4.69, 9.17) is 0 Å². The fraction of sp³-hybridized carbons (Fsp3) is 0.500. The van der Waals surface area contributed by atoms with Gasteiger partial charge in [-0.05, 0) is 14.1 Å². The summed E-state index contributed by atoms with van der Waals surface area (Å²) >= 11 is 0. The van der Waals surface area contributed by atoms with Crippen LogP contribution < -0.4 is 0 Å². The quantitative estimate of drug-likeness (QED) is 0.585. The highest BCUT2D eigenvalue weighted by molar-refractivity contribution is 4.98. The molecule has 0 unspecified atom stereocenters. The van der Waals surface area contributed by atoms with Crippen molar-refractivity contribution in [1.82, 2.24) is 10.1 Å². The monoisotopic (exact) mass is 126 g/mol. The van der Waals surface area contributed by atoms with E-state index >= 15 is 0 Å². The zero-order valence-corrected chi connectivity index (χ0v) is 5.66. The van der Waals surface area contributed by atoms with Gasteiger partial charge in [0, 0.05) is 12.1 Å². The van der Waals surface area contributed by atoms with E-state index in [1.54, 1.807) is 12.5 Å². The summed E-state index contributed by atoms with van der Waals surface area (Å²) in [5, 5.41) is 3.57. The molecule has 0 saturated carbocycles. The molecule has 50 valence electrons. The van der Waals surface area contributed by atoms with Gasteiger partial charge in [0.25, 0.3) is 0 Å².